The molecule has 0 fully saturated rings. The van der Waals surface area contributed by atoms with Crippen molar-refractivity contribution in [3.05, 3.63) is 66.2 Å². The van der Waals surface area contributed by atoms with Crippen molar-refractivity contribution in [2.75, 3.05) is 6.61 Å². The average molecular weight is 1590 g/mol. The number of para-hydroxylation sites is 1. The van der Waals surface area contributed by atoms with Crippen molar-refractivity contribution < 1.29 is 23.9 Å². The Morgan fingerprint density at radius 2 is 0.398 bits per heavy atom. The maximum Gasteiger partial charge on any atom is 0.308 e. The van der Waals surface area contributed by atoms with Gasteiger partial charge in [-0.1, -0.05) is 597 Å². The molecule has 0 aliphatic carbocycles. The Hall–Kier alpha value is -3.15. The van der Waals surface area contributed by atoms with Crippen LogP contribution in [-0.2, 0) is 25.8 Å². The summed E-state index contributed by atoms with van der Waals surface area (Å²) in [5.41, 5.74) is 2.02. The highest BCUT2D eigenvalue weighted by Crippen LogP contribution is 2.23. The third-order valence-corrected chi connectivity index (χ3v) is 23.1. The van der Waals surface area contributed by atoms with Gasteiger partial charge in [0.15, 0.2) is 0 Å². The standard InChI is InChI=1S/C87H175NO.C9H10O2.C8H8O2.3CH4/c1-4-5-6-7-8-9-10-11-12-13-14-15-16-17-18-19-20-21-22-23-24-25-26-27-28-29-30-31-32-33-34-35-36-37-38-39-40-41-42-43-44-45-46-47-48-49-50-51-52-53-54-55-56-57-58-59-60-61-62-63-64-65-66-67-68-69-70-71-72-73-74-75-76-77-78-79-80-81-82-83-84-85-86-89-88-87(2)3;1-8(10)11-7-9-5-3-2-4-6-9;1-7(9)10-8-5-3-2-4-6-8;;;/h4-86H2,1-3H3;2-6H,7H2,1H3;2-6H,1H3;3*1H4. The minimum Gasteiger partial charge on any atom is -0.461 e. The number of rotatable bonds is 87. The Bertz CT molecular complexity index is 2040. The summed E-state index contributed by atoms with van der Waals surface area (Å²) in [7, 11) is 0. The average Bonchev–Trinajstić information content (AvgIpc) is 0.956. The molecule has 668 valence electrons. The fraction of sp³-hybridized carbons (Fsp3) is 0.860. The highest BCUT2D eigenvalue weighted by Gasteiger charge is 2.04. The molecule has 0 radical (unpaired) electrons. The van der Waals surface area contributed by atoms with E-state index >= 15 is 0 Å². The van der Waals surface area contributed by atoms with Crippen LogP contribution in [-0.4, -0.2) is 24.3 Å². The second-order valence-corrected chi connectivity index (χ2v) is 34.7. The van der Waals surface area contributed by atoms with E-state index in [1.807, 2.05) is 62.4 Å². The van der Waals surface area contributed by atoms with Crippen LogP contribution < -0.4 is 4.74 Å². The van der Waals surface area contributed by atoms with Gasteiger partial charge in [-0.3, -0.25) is 9.59 Å². The first-order chi connectivity index (χ1) is 54.3. The lowest BCUT2D eigenvalue weighted by Gasteiger charge is -2.05. The zero-order valence-corrected chi connectivity index (χ0v) is 75.2. The lowest BCUT2D eigenvalue weighted by atomic mass is 10.0. The van der Waals surface area contributed by atoms with Crippen LogP contribution in [0.3, 0.4) is 0 Å². The fourth-order valence-electron chi connectivity index (χ4n) is 16.0. The molecule has 2 aromatic carbocycles. The van der Waals surface area contributed by atoms with Crippen LogP contribution in [0.5, 0.6) is 5.75 Å². The number of esters is 2. The van der Waals surface area contributed by atoms with Crippen molar-refractivity contribution in [2.24, 2.45) is 5.16 Å². The molecule has 0 aliphatic heterocycles. The molecule has 0 bridgehead atoms. The molecule has 2 rings (SSSR count). The molecule has 0 amide bonds. The minimum atomic E-state index is -0.286. The van der Waals surface area contributed by atoms with Gasteiger partial charge in [0.1, 0.15) is 19.0 Å². The number of unbranched alkanes of at least 4 members (excludes halogenated alkanes) is 81. The van der Waals surface area contributed by atoms with Crippen LogP contribution in [0.4, 0.5) is 0 Å². The van der Waals surface area contributed by atoms with Gasteiger partial charge in [0.2, 0.25) is 0 Å². The Morgan fingerprint density at radius 1 is 0.230 bits per heavy atom. The second-order valence-electron chi connectivity index (χ2n) is 34.7. The van der Waals surface area contributed by atoms with Gasteiger partial charge in [-0.25, -0.2) is 0 Å². The van der Waals surface area contributed by atoms with Gasteiger partial charge in [0.05, 0.1) is 5.71 Å². The maximum absolute atomic E-state index is 10.4. The number of hydrogen-bond donors (Lipinski definition) is 0. The van der Waals surface area contributed by atoms with Gasteiger partial charge in [-0.2, -0.15) is 0 Å². The number of hydrogen-bond acceptors (Lipinski definition) is 6. The van der Waals surface area contributed by atoms with E-state index in [2.05, 4.69) is 12.1 Å². The summed E-state index contributed by atoms with van der Waals surface area (Å²) >= 11 is 0. The fourth-order valence-corrected chi connectivity index (χ4v) is 16.0. The summed E-state index contributed by atoms with van der Waals surface area (Å²) in [6, 6.07) is 18.6. The minimum absolute atomic E-state index is 0. The quantitative estimate of drug-likeness (QED) is 0.0217. The normalized spacial score (nSPS) is 10.9. The van der Waals surface area contributed by atoms with E-state index in [4.69, 9.17) is 14.3 Å². The van der Waals surface area contributed by atoms with E-state index < -0.39 is 0 Å². The van der Waals surface area contributed by atoms with Gasteiger partial charge in [0, 0.05) is 13.8 Å². The van der Waals surface area contributed by atoms with Gasteiger partial charge in [0.25, 0.3) is 0 Å². The third-order valence-electron chi connectivity index (χ3n) is 23.1. The number of nitrogens with zero attached hydrogens (tertiary/aromatic N) is 1. The Labute approximate surface area is 711 Å². The van der Waals surface area contributed by atoms with E-state index in [0.717, 1.165) is 24.3 Å². The summed E-state index contributed by atoms with van der Waals surface area (Å²) in [6.45, 7) is 10.2. The van der Waals surface area contributed by atoms with E-state index in [1.54, 1.807) is 12.1 Å². The van der Waals surface area contributed by atoms with E-state index in [1.165, 1.54) is 534 Å². The molecule has 0 saturated heterocycles. The van der Waals surface area contributed by atoms with Crippen LogP contribution in [0.25, 0.3) is 0 Å². The van der Waals surface area contributed by atoms with Crippen LogP contribution in [0.2, 0.25) is 0 Å². The molecule has 2 aromatic rings. The van der Waals surface area contributed by atoms with Crippen LogP contribution in [0.15, 0.2) is 65.8 Å². The van der Waals surface area contributed by atoms with Crippen LogP contribution >= 0.6 is 0 Å². The summed E-state index contributed by atoms with van der Waals surface area (Å²) in [5.74, 6) is 0.0649. The molecule has 0 saturated carbocycles. The molecule has 0 aliphatic rings. The lowest BCUT2D eigenvalue weighted by molar-refractivity contribution is -0.142. The number of benzene rings is 2. The smallest absolute Gasteiger partial charge is 0.308 e. The van der Waals surface area contributed by atoms with Crippen LogP contribution in [0, 0.1) is 0 Å². The molecule has 0 N–H and O–H groups in total. The number of oxime groups is 1. The number of carbonyl (C=O) groups excluding carboxylic acids is 2. The molecule has 0 unspecified atom stereocenters. The molecule has 0 aromatic heterocycles. The summed E-state index contributed by atoms with van der Waals surface area (Å²) in [4.78, 5) is 26.1. The Balaban J connectivity index is -0.00000211. The first-order valence-electron chi connectivity index (χ1n) is 49.9. The van der Waals surface area contributed by atoms with Crippen molar-refractivity contribution in [2.45, 2.75) is 590 Å². The predicted octanol–water partition coefficient (Wildman–Crippen LogP) is 38.7. The largest absolute Gasteiger partial charge is 0.461 e. The Morgan fingerprint density at radius 3 is 0.558 bits per heavy atom. The zero-order chi connectivity index (χ0) is 79.2. The monoisotopic (exact) mass is 1580 g/mol. The predicted molar refractivity (Wildman–Crippen MR) is 509 cm³/mol. The Kier molecular flexibility index (Phi) is 108. The van der Waals surface area contributed by atoms with Gasteiger partial charge in [-0.05, 0) is 44.4 Å². The number of carbonyl (C=O) groups is 2. The van der Waals surface area contributed by atoms with Gasteiger partial charge in [-0.15, -0.1) is 0 Å². The summed E-state index contributed by atoms with van der Waals surface area (Å²) in [5, 5.41) is 4.01. The van der Waals surface area contributed by atoms with E-state index in [9.17, 15) is 9.59 Å². The molecule has 0 heterocycles. The summed E-state index contributed by atoms with van der Waals surface area (Å²) in [6.07, 6.45) is 121. The van der Waals surface area contributed by atoms with Crippen molar-refractivity contribution in [1.29, 1.82) is 0 Å². The van der Waals surface area contributed by atoms with Crippen molar-refractivity contribution in [1.82, 2.24) is 0 Å². The van der Waals surface area contributed by atoms with Crippen molar-refractivity contribution in [3.8, 4) is 5.75 Å². The van der Waals surface area contributed by atoms with Crippen molar-refractivity contribution in [3.63, 3.8) is 0 Å². The van der Waals surface area contributed by atoms with Crippen molar-refractivity contribution >= 4 is 17.7 Å². The number of ether oxygens (including phenoxy) is 2. The second kappa shape index (κ2) is 105. The molecule has 0 atom stereocenters. The highest BCUT2D eigenvalue weighted by atomic mass is 16.6. The van der Waals surface area contributed by atoms with Gasteiger partial charge >= 0.3 is 11.9 Å². The molecule has 6 nitrogen and oxygen atoms in total. The zero-order valence-electron chi connectivity index (χ0n) is 75.2. The van der Waals surface area contributed by atoms with E-state index in [0.29, 0.717) is 12.4 Å². The van der Waals surface area contributed by atoms with Crippen LogP contribution in [0.1, 0.15) is 589 Å². The molecule has 113 heavy (non-hydrogen) atoms. The summed E-state index contributed by atoms with van der Waals surface area (Å²) < 4.78 is 9.56. The maximum atomic E-state index is 10.4. The lowest BCUT2D eigenvalue weighted by Crippen LogP contribution is -2.00. The molecular formula is C107H205NO5. The van der Waals surface area contributed by atoms with Gasteiger partial charge < -0.3 is 14.3 Å². The first kappa shape index (κ1) is 116. The first-order valence-corrected chi connectivity index (χ1v) is 49.9. The van der Waals surface area contributed by atoms with E-state index in [-0.39, 0.29) is 34.2 Å². The highest BCUT2D eigenvalue weighted by molar-refractivity contribution is 5.78. The molecular weight excluding hydrogens is 1380 g/mol. The SMILES string of the molecule is C.C.C.CC(=O)OCc1ccccc1.CC(=O)Oc1ccccc1.CCCCCCCCCCCCCCCCCCCCCCCCCCCCCCCCCCCCCCCCCCCCCCCCCCCCCCCCCCCCCCCCCCCCCCCCCCCCCCCCCCCCON=C(C)C. The molecule has 6 heteroatoms. The topological polar surface area (TPSA) is 74.2 Å². The molecule has 0 spiro atoms. The third kappa shape index (κ3) is 107.